The lowest BCUT2D eigenvalue weighted by Gasteiger charge is -2.31. The van der Waals surface area contributed by atoms with Gasteiger partial charge >= 0.3 is 17.9 Å². The van der Waals surface area contributed by atoms with E-state index in [2.05, 4.69) is 10.6 Å². The number of piperidine rings is 1. The molecule has 0 aromatic heterocycles. The first-order valence-corrected chi connectivity index (χ1v) is 8.74. The van der Waals surface area contributed by atoms with Crippen LogP contribution in [0, 0.1) is 0 Å². The number of anilines is 1. The molecule has 1 aliphatic rings. The molecule has 1 saturated heterocycles. The fourth-order valence-electron chi connectivity index (χ4n) is 2.77. The molecule has 9 nitrogen and oxygen atoms in total. The summed E-state index contributed by atoms with van der Waals surface area (Å²) in [7, 11) is 3.00. The molecule has 27 heavy (non-hydrogen) atoms. The van der Waals surface area contributed by atoms with E-state index in [1.54, 1.807) is 30.0 Å². The average molecular weight is 379 g/mol. The number of carbonyl (C=O) groups excluding carboxylic acids is 3. The Kier molecular flexibility index (Phi) is 7.27. The van der Waals surface area contributed by atoms with Crippen LogP contribution in [-0.4, -0.2) is 62.8 Å². The monoisotopic (exact) mass is 379 g/mol. The van der Waals surface area contributed by atoms with Crippen LogP contribution in [0.15, 0.2) is 18.2 Å². The van der Waals surface area contributed by atoms with Crippen LogP contribution in [0.25, 0.3) is 0 Å². The smallest absolute Gasteiger partial charge is 0.409 e. The number of hydrogen-bond acceptors (Lipinski definition) is 6. The van der Waals surface area contributed by atoms with Crippen LogP contribution in [0.5, 0.6) is 11.5 Å². The quantitative estimate of drug-likeness (QED) is 0.749. The number of rotatable bonds is 5. The zero-order valence-corrected chi connectivity index (χ0v) is 15.7. The maximum atomic E-state index is 12.1. The van der Waals surface area contributed by atoms with E-state index in [1.807, 2.05) is 0 Å². The summed E-state index contributed by atoms with van der Waals surface area (Å²) < 4.78 is 15.3. The van der Waals surface area contributed by atoms with Crippen LogP contribution in [0.3, 0.4) is 0 Å². The molecule has 0 radical (unpaired) electrons. The summed E-state index contributed by atoms with van der Waals surface area (Å²) in [6, 6.07) is 4.66. The summed E-state index contributed by atoms with van der Waals surface area (Å²) >= 11 is 0. The highest BCUT2D eigenvalue weighted by atomic mass is 16.6. The normalized spacial score (nSPS) is 14.3. The molecule has 1 aromatic carbocycles. The number of carbonyl (C=O) groups is 3. The molecule has 1 heterocycles. The molecule has 2 N–H and O–H groups in total. The van der Waals surface area contributed by atoms with E-state index in [4.69, 9.17) is 14.2 Å². The Morgan fingerprint density at radius 1 is 1.07 bits per heavy atom. The van der Waals surface area contributed by atoms with Crippen molar-refractivity contribution in [2.45, 2.75) is 25.8 Å². The highest BCUT2D eigenvalue weighted by molar-refractivity contribution is 6.39. The van der Waals surface area contributed by atoms with Crippen molar-refractivity contribution in [3.8, 4) is 11.5 Å². The van der Waals surface area contributed by atoms with Gasteiger partial charge in [-0.05, 0) is 31.9 Å². The molecule has 0 unspecified atom stereocenters. The molecular formula is C18H25N3O6. The van der Waals surface area contributed by atoms with E-state index >= 15 is 0 Å². The summed E-state index contributed by atoms with van der Waals surface area (Å²) in [4.78, 5) is 37.5. The summed E-state index contributed by atoms with van der Waals surface area (Å²) in [5.41, 5.74) is 0.421. The molecule has 1 aliphatic heterocycles. The van der Waals surface area contributed by atoms with Crippen LogP contribution in [0.1, 0.15) is 19.8 Å². The van der Waals surface area contributed by atoms with Gasteiger partial charge in [-0.15, -0.1) is 0 Å². The molecule has 0 atom stereocenters. The first kappa shape index (κ1) is 20.3. The summed E-state index contributed by atoms with van der Waals surface area (Å²) in [6.07, 6.45) is 0.774. The maximum Gasteiger partial charge on any atom is 0.409 e. The van der Waals surface area contributed by atoms with Crippen molar-refractivity contribution in [3.63, 3.8) is 0 Å². The van der Waals surface area contributed by atoms with Gasteiger partial charge in [0.1, 0.15) is 0 Å². The predicted molar refractivity (Wildman–Crippen MR) is 97.9 cm³/mol. The van der Waals surface area contributed by atoms with Crippen molar-refractivity contribution >= 4 is 23.6 Å². The zero-order valence-electron chi connectivity index (χ0n) is 15.7. The number of likely N-dealkylation sites (tertiary alicyclic amines) is 1. The third-order valence-electron chi connectivity index (χ3n) is 4.20. The molecular weight excluding hydrogens is 354 g/mol. The van der Waals surface area contributed by atoms with Gasteiger partial charge < -0.3 is 29.7 Å². The van der Waals surface area contributed by atoms with Gasteiger partial charge in [0.2, 0.25) is 0 Å². The Morgan fingerprint density at radius 3 is 2.33 bits per heavy atom. The molecule has 148 valence electrons. The minimum atomic E-state index is -0.768. The second-order valence-corrected chi connectivity index (χ2v) is 5.96. The lowest BCUT2D eigenvalue weighted by molar-refractivity contribution is -0.136. The SMILES string of the molecule is CCOC(=O)N1CCC(NC(=O)C(=O)Nc2ccc(OC)c(OC)c2)CC1. The Bertz CT molecular complexity index is 686. The minimum absolute atomic E-state index is 0.167. The van der Waals surface area contributed by atoms with Crippen LogP contribution >= 0.6 is 0 Å². The number of amides is 3. The Morgan fingerprint density at radius 2 is 1.74 bits per heavy atom. The van der Waals surface area contributed by atoms with Gasteiger partial charge in [0.25, 0.3) is 0 Å². The van der Waals surface area contributed by atoms with E-state index in [0.29, 0.717) is 49.7 Å². The topological polar surface area (TPSA) is 106 Å². The van der Waals surface area contributed by atoms with Crippen LogP contribution in [0.4, 0.5) is 10.5 Å². The van der Waals surface area contributed by atoms with Crippen molar-refractivity contribution < 1.29 is 28.6 Å². The Balaban J connectivity index is 1.84. The first-order chi connectivity index (χ1) is 13.0. The predicted octanol–water partition coefficient (Wildman–Crippen LogP) is 1.38. The number of nitrogens with zero attached hydrogens (tertiary/aromatic N) is 1. The summed E-state index contributed by atoms with van der Waals surface area (Å²) in [6.45, 7) is 3.02. The van der Waals surface area contributed by atoms with Gasteiger partial charge in [-0.1, -0.05) is 0 Å². The van der Waals surface area contributed by atoms with E-state index in [0.717, 1.165) is 0 Å². The molecule has 9 heteroatoms. The van der Waals surface area contributed by atoms with Crippen LogP contribution < -0.4 is 20.1 Å². The average Bonchev–Trinajstić information content (AvgIpc) is 2.68. The lowest BCUT2D eigenvalue weighted by Crippen LogP contribution is -2.49. The molecule has 0 aliphatic carbocycles. The van der Waals surface area contributed by atoms with E-state index in [1.165, 1.54) is 14.2 Å². The highest BCUT2D eigenvalue weighted by Crippen LogP contribution is 2.29. The van der Waals surface area contributed by atoms with Crippen molar-refractivity contribution in [3.05, 3.63) is 18.2 Å². The highest BCUT2D eigenvalue weighted by Gasteiger charge is 2.26. The van der Waals surface area contributed by atoms with Gasteiger partial charge in [-0.3, -0.25) is 9.59 Å². The third-order valence-corrected chi connectivity index (χ3v) is 4.20. The fourth-order valence-corrected chi connectivity index (χ4v) is 2.77. The van der Waals surface area contributed by atoms with Crippen molar-refractivity contribution in [1.82, 2.24) is 10.2 Å². The Hall–Kier alpha value is -2.97. The van der Waals surface area contributed by atoms with Crippen molar-refractivity contribution in [2.24, 2.45) is 0 Å². The van der Waals surface area contributed by atoms with Gasteiger partial charge in [0, 0.05) is 30.9 Å². The van der Waals surface area contributed by atoms with Gasteiger partial charge in [-0.2, -0.15) is 0 Å². The number of hydrogen-bond donors (Lipinski definition) is 2. The second kappa shape index (κ2) is 9.65. The van der Waals surface area contributed by atoms with Gasteiger partial charge in [0.05, 0.1) is 20.8 Å². The molecule has 3 amide bonds. The van der Waals surface area contributed by atoms with Crippen molar-refractivity contribution in [2.75, 3.05) is 39.2 Å². The summed E-state index contributed by atoms with van der Waals surface area (Å²) in [5.74, 6) is -0.523. The van der Waals surface area contributed by atoms with Crippen LogP contribution in [-0.2, 0) is 14.3 Å². The molecule has 2 rings (SSSR count). The van der Waals surface area contributed by atoms with Crippen LogP contribution in [0.2, 0.25) is 0 Å². The molecule has 0 bridgehead atoms. The molecule has 0 spiro atoms. The zero-order chi connectivity index (χ0) is 19.8. The summed E-state index contributed by atoms with van der Waals surface area (Å²) in [5, 5.41) is 5.23. The number of ether oxygens (including phenoxy) is 3. The molecule has 1 fully saturated rings. The Labute approximate surface area is 157 Å². The minimum Gasteiger partial charge on any atom is -0.493 e. The van der Waals surface area contributed by atoms with Crippen molar-refractivity contribution in [1.29, 1.82) is 0 Å². The second-order valence-electron chi connectivity index (χ2n) is 5.96. The number of methoxy groups -OCH3 is 2. The first-order valence-electron chi connectivity index (χ1n) is 8.74. The fraction of sp³-hybridized carbons (Fsp3) is 0.500. The largest absolute Gasteiger partial charge is 0.493 e. The lowest BCUT2D eigenvalue weighted by atomic mass is 10.1. The van der Waals surface area contributed by atoms with E-state index in [9.17, 15) is 14.4 Å². The van der Waals surface area contributed by atoms with Gasteiger partial charge in [-0.25, -0.2) is 4.79 Å². The third kappa shape index (κ3) is 5.50. The number of nitrogens with one attached hydrogen (secondary N) is 2. The van der Waals surface area contributed by atoms with E-state index < -0.39 is 11.8 Å². The van der Waals surface area contributed by atoms with Gasteiger partial charge in [0.15, 0.2) is 11.5 Å². The number of benzene rings is 1. The standard InChI is InChI=1S/C18H25N3O6/c1-4-27-18(24)21-9-7-12(8-10-21)19-16(22)17(23)20-13-5-6-14(25-2)15(11-13)26-3/h5-6,11-12H,4,7-10H2,1-3H3,(H,19,22)(H,20,23). The van der Waals surface area contributed by atoms with E-state index in [-0.39, 0.29) is 12.1 Å². The maximum absolute atomic E-state index is 12.1. The molecule has 0 saturated carbocycles. The molecule has 1 aromatic rings.